The number of nitrogens with two attached hydrogens (primary N) is 1. The largest absolute Gasteiger partial charge is 0.494 e. The van der Waals surface area contributed by atoms with Gasteiger partial charge >= 0.3 is 0 Å². The van der Waals surface area contributed by atoms with Gasteiger partial charge in [-0.2, -0.15) is 0 Å². The maximum Gasteiger partial charge on any atom is 0.124 e. The summed E-state index contributed by atoms with van der Waals surface area (Å²) in [6.07, 6.45) is 5.00. The smallest absolute Gasteiger partial charge is 0.124 e. The van der Waals surface area contributed by atoms with Gasteiger partial charge in [-0.05, 0) is 55.4 Å². The molecule has 21 heavy (non-hydrogen) atoms. The monoisotopic (exact) mass is 281 g/mol. The van der Waals surface area contributed by atoms with Crippen LogP contribution in [0.4, 0.5) is 0 Å². The van der Waals surface area contributed by atoms with E-state index in [9.17, 15) is 0 Å². The summed E-state index contributed by atoms with van der Waals surface area (Å²) in [6, 6.07) is 14.7. The van der Waals surface area contributed by atoms with Crippen molar-refractivity contribution in [3.8, 4) is 5.75 Å². The van der Waals surface area contributed by atoms with Crippen LogP contribution in [0.25, 0.3) is 0 Å². The third-order valence-corrected chi connectivity index (χ3v) is 4.29. The van der Waals surface area contributed by atoms with Gasteiger partial charge in [0.15, 0.2) is 0 Å². The SMILES string of the molecule is CCOc1ccccc1C(N)c1ccc2c(c1)CCCC2. The summed E-state index contributed by atoms with van der Waals surface area (Å²) in [5.74, 6) is 0.894. The highest BCUT2D eigenvalue weighted by molar-refractivity contribution is 5.44. The van der Waals surface area contributed by atoms with Crippen molar-refractivity contribution < 1.29 is 4.74 Å². The normalized spacial score (nSPS) is 15.3. The van der Waals surface area contributed by atoms with Crippen molar-refractivity contribution in [2.24, 2.45) is 5.73 Å². The summed E-state index contributed by atoms with van der Waals surface area (Å²) >= 11 is 0. The summed E-state index contributed by atoms with van der Waals surface area (Å²) in [5.41, 5.74) is 11.7. The Balaban J connectivity index is 1.93. The van der Waals surface area contributed by atoms with Gasteiger partial charge in [0.25, 0.3) is 0 Å². The summed E-state index contributed by atoms with van der Waals surface area (Å²) < 4.78 is 5.71. The molecule has 1 atom stereocenters. The minimum absolute atomic E-state index is 0.125. The Morgan fingerprint density at radius 3 is 2.62 bits per heavy atom. The Morgan fingerprint density at radius 2 is 1.81 bits per heavy atom. The van der Waals surface area contributed by atoms with E-state index in [1.807, 2.05) is 25.1 Å². The van der Waals surface area contributed by atoms with Crippen molar-refractivity contribution in [2.75, 3.05) is 6.61 Å². The van der Waals surface area contributed by atoms with Gasteiger partial charge in [-0.3, -0.25) is 0 Å². The van der Waals surface area contributed by atoms with Gasteiger partial charge in [0, 0.05) is 5.56 Å². The van der Waals surface area contributed by atoms with E-state index >= 15 is 0 Å². The van der Waals surface area contributed by atoms with E-state index in [1.54, 1.807) is 0 Å². The molecule has 0 aromatic heterocycles. The Morgan fingerprint density at radius 1 is 1.05 bits per heavy atom. The predicted octanol–water partition coefficient (Wildman–Crippen LogP) is 4.01. The van der Waals surface area contributed by atoms with E-state index in [0.29, 0.717) is 6.61 Å². The predicted molar refractivity (Wildman–Crippen MR) is 86.7 cm³/mol. The molecule has 1 aliphatic carbocycles. The van der Waals surface area contributed by atoms with Crippen LogP contribution in [-0.2, 0) is 12.8 Å². The Hall–Kier alpha value is -1.80. The molecule has 0 saturated heterocycles. The zero-order valence-electron chi connectivity index (χ0n) is 12.6. The number of ether oxygens (including phenoxy) is 1. The molecule has 0 fully saturated rings. The van der Waals surface area contributed by atoms with Gasteiger partial charge in [-0.25, -0.2) is 0 Å². The number of benzene rings is 2. The first-order valence-corrected chi connectivity index (χ1v) is 7.88. The minimum Gasteiger partial charge on any atom is -0.494 e. The van der Waals surface area contributed by atoms with Gasteiger partial charge < -0.3 is 10.5 Å². The first-order valence-electron chi connectivity index (χ1n) is 7.88. The average Bonchev–Trinajstić information content (AvgIpc) is 2.54. The van der Waals surface area contributed by atoms with Crippen LogP contribution in [0.3, 0.4) is 0 Å². The van der Waals surface area contributed by atoms with E-state index in [2.05, 4.69) is 24.3 Å². The lowest BCUT2D eigenvalue weighted by Gasteiger charge is -2.21. The van der Waals surface area contributed by atoms with Crippen LogP contribution in [0.5, 0.6) is 5.75 Å². The van der Waals surface area contributed by atoms with Crippen LogP contribution < -0.4 is 10.5 Å². The molecule has 110 valence electrons. The van der Waals surface area contributed by atoms with Crippen molar-refractivity contribution >= 4 is 0 Å². The Labute approximate surface area is 126 Å². The van der Waals surface area contributed by atoms with Crippen LogP contribution >= 0.6 is 0 Å². The molecule has 0 heterocycles. The topological polar surface area (TPSA) is 35.2 Å². The number of para-hydroxylation sites is 1. The quantitative estimate of drug-likeness (QED) is 0.919. The van der Waals surface area contributed by atoms with Gasteiger partial charge in [-0.15, -0.1) is 0 Å². The van der Waals surface area contributed by atoms with E-state index in [1.165, 1.54) is 42.4 Å². The second-order valence-corrected chi connectivity index (χ2v) is 5.68. The molecule has 2 heteroatoms. The number of rotatable bonds is 4. The second kappa shape index (κ2) is 6.31. The molecule has 2 nitrogen and oxygen atoms in total. The van der Waals surface area contributed by atoms with E-state index < -0.39 is 0 Å². The van der Waals surface area contributed by atoms with Gasteiger partial charge in [0.2, 0.25) is 0 Å². The minimum atomic E-state index is -0.125. The van der Waals surface area contributed by atoms with Crippen molar-refractivity contribution in [2.45, 2.75) is 38.6 Å². The number of aryl methyl sites for hydroxylation is 2. The summed E-state index contributed by atoms with van der Waals surface area (Å²) in [7, 11) is 0. The molecule has 2 aromatic carbocycles. The van der Waals surface area contributed by atoms with Crippen LogP contribution in [0.1, 0.15) is 48.1 Å². The zero-order valence-corrected chi connectivity index (χ0v) is 12.6. The second-order valence-electron chi connectivity index (χ2n) is 5.68. The maximum atomic E-state index is 6.50. The fourth-order valence-electron chi connectivity index (χ4n) is 3.15. The first-order chi connectivity index (χ1) is 10.3. The lowest BCUT2D eigenvalue weighted by Crippen LogP contribution is -2.15. The highest BCUT2D eigenvalue weighted by Gasteiger charge is 2.16. The molecular formula is C19H23NO. The molecule has 0 bridgehead atoms. The summed E-state index contributed by atoms with van der Waals surface area (Å²) in [4.78, 5) is 0. The fraction of sp³-hybridized carbons (Fsp3) is 0.368. The lowest BCUT2D eigenvalue weighted by atomic mass is 9.88. The first kappa shape index (κ1) is 14.2. The molecule has 2 N–H and O–H groups in total. The van der Waals surface area contributed by atoms with Crippen LogP contribution in [-0.4, -0.2) is 6.61 Å². The van der Waals surface area contributed by atoms with Crippen LogP contribution in [0.15, 0.2) is 42.5 Å². The van der Waals surface area contributed by atoms with Crippen molar-refractivity contribution in [3.05, 3.63) is 64.7 Å². The van der Waals surface area contributed by atoms with Crippen LogP contribution in [0, 0.1) is 0 Å². The maximum absolute atomic E-state index is 6.50. The van der Waals surface area contributed by atoms with E-state index in [-0.39, 0.29) is 6.04 Å². The molecule has 2 aromatic rings. The molecular weight excluding hydrogens is 258 g/mol. The number of hydrogen-bond acceptors (Lipinski definition) is 2. The van der Waals surface area contributed by atoms with Gasteiger partial charge in [-0.1, -0.05) is 36.4 Å². The molecule has 0 amide bonds. The average molecular weight is 281 g/mol. The van der Waals surface area contributed by atoms with Crippen molar-refractivity contribution in [3.63, 3.8) is 0 Å². The third-order valence-electron chi connectivity index (χ3n) is 4.29. The molecule has 1 unspecified atom stereocenters. The molecule has 0 spiro atoms. The van der Waals surface area contributed by atoms with Crippen molar-refractivity contribution in [1.82, 2.24) is 0 Å². The lowest BCUT2D eigenvalue weighted by molar-refractivity contribution is 0.335. The summed E-state index contributed by atoms with van der Waals surface area (Å²) in [6.45, 7) is 2.66. The number of fused-ring (bicyclic) bond motifs is 1. The molecule has 0 aliphatic heterocycles. The summed E-state index contributed by atoms with van der Waals surface area (Å²) in [5, 5.41) is 0. The van der Waals surface area contributed by atoms with Gasteiger partial charge in [0.05, 0.1) is 12.6 Å². The molecule has 0 saturated carbocycles. The third kappa shape index (κ3) is 2.96. The Bertz CT molecular complexity index is 621. The highest BCUT2D eigenvalue weighted by Crippen LogP contribution is 2.31. The van der Waals surface area contributed by atoms with Crippen molar-refractivity contribution in [1.29, 1.82) is 0 Å². The Kier molecular flexibility index (Phi) is 4.26. The van der Waals surface area contributed by atoms with Gasteiger partial charge in [0.1, 0.15) is 5.75 Å². The molecule has 1 aliphatic rings. The standard InChI is InChI=1S/C19H23NO/c1-2-21-18-10-6-5-9-17(18)19(20)16-12-11-14-7-3-4-8-15(14)13-16/h5-6,9-13,19H,2-4,7-8,20H2,1H3. The molecule has 0 radical (unpaired) electrons. The van der Waals surface area contributed by atoms with Crippen LogP contribution in [0.2, 0.25) is 0 Å². The van der Waals surface area contributed by atoms with E-state index in [4.69, 9.17) is 10.5 Å². The zero-order chi connectivity index (χ0) is 14.7. The highest BCUT2D eigenvalue weighted by atomic mass is 16.5. The molecule has 3 rings (SSSR count). The number of hydrogen-bond donors (Lipinski definition) is 1. The fourth-order valence-corrected chi connectivity index (χ4v) is 3.15. The van der Waals surface area contributed by atoms with E-state index in [0.717, 1.165) is 11.3 Å².